The molecule has 4 aromatic rings. The lowest BCUT2D eigenvalue weighted by atomic mass is 10.2. The smallest absolute Gasteiger partial charge is 0.333 e. The summed E-state index contributed by atoms with van der Waals surface area (Å²) in [5.41, 5.74) is 0.514. The number of ether oxygens (including phenoxy) is 2. The SMILES string of the molecule is CCn1c(=O)n(CC(=O)NCc2cc(OC)cc(OC)c2)c(=O)c2cnc(-c3ccccc3)nc21. The number of aromatic nitrogens is 4. The molecule has 35 heavy (non-hydrogen) atoms. The van der Waals surface area contributed by atoms with Crippen LogP contribution in [0.4, 0.5) is 0 Å². The van der Waals surface area contributed by atoms with Crippen molar-refractivity contribution < 1.29 is 14.3 Å². The second-order valence-corrected chi connectivity index (χ2v) is 7.71. The fraction of sp³-hybridized carbons (Fsp3) is 0.240. The van der Waals surface area contributed by atoms with Gasteiger partial charge in [0.2, 0.25) is 5.91 Å². The molecule has 10 heteroatoms. The van der Waals surface area contributed by atoms with Crippen molar-refractivity contribution in [1.29, 1.82) is 0 Å². The van der Waals surface area contributed by atoms with Crippen molar-refractivity contribution >= 4 is 16.9 Å². The highest BCUT2D eigenvalue weighted by molar-refractivity contribution is 5.78. The van der Waals surface area contributed by atoms with E-state index in [1.807, 2.05) is 30.3 Å². The third-order valence-electron chi connectivity index (χ3n) is 5.51. The molecule has 0 saturated heterocycles. The molecular weight excluding hydrogens is 450 g/mol. The van der Waals surface area contributed by atoms with Crippen LogP contribution in [-0.2, 0) is 24.4 Å². The van der Waals surface area contributed by atoms with Crippen LogP contribution in [0.1, 0.15) is 12.5 Å². The number of carbonyl (C=O) groups is 1. The minimum atomic E-state index is -0.618. The number of benzene rings is 2. The Bertz CT molecular complexity index is 1470. The first-order chi connectivity index (χ1) is 16.9. The van der Waals surface area contributed by atoms with Crippen LogP contribution in [0.5, 0.6) is 11.5 Å². The number of carbonyl (C=O) groups excluding carboxylic acids is 1. The zero-order chi connectivity index (χ0) is 24.9. The van der Waals surface area contributed by atoms with Gasteiger partial charge in [-0.05, 0) is 24.6 Å². The van der Waals surface area contributed by atoms with Gasteiger partial charge in [0, 0.05) is 30.9 Å². The average Bonchev–Trinajstić information content (AvgIpc) is 2.90. The van der Waals surface area contributed by atoms with Crippen LogP contribution >= 0.6 is 0 Å². The van der Waals surface area contributed by atoms with Gasteiger partial charge in [0.15, 0.2) is 11.5 Å². The zero-order valence-corrected chi connectivity index (χ0v) is 19.6. The molecule has 1 N–H and O–H groups in total. The van der Waals surface area contributed by atoms with Crippen LogP contribution in [0.3, 0.4) is 0 Å². The summed E-state index contributed by atoms with van der Waals surface area (Å²) in [6.07, 6.45) is 1.40. The van der Waals surface area contributed by atoms with E-state index in [0.717, 1.165) is 15.7 Å². The molecule has 0 aliphatic heterocycles. The molecule has 180 valence electrons. The van der Waals surface area contributed by atoms with Crippen molar-refractivity contribution in [2.45, 2.75) is 26.6 Å². The van der Waals surface area contributed by atoms with Gasteiger partial charge < -0.3 is 14.8 Å². The van der Waals surface area contributed by atoms with Gasteiger partial charge in [-0.2, -0.15) is 0 Å². The maximum Gasteiger partial charge on any atom is 0.333 e. The van der Waals surface area contributed by atoms with Gasteiger partial charge in [-0.1, -0.05) is 30.3 Å². The summed E-state index contributed by atoms with van der Waals surface area (Å²) in [5.74, 6) is 1.08. The van der Waals surface area contributed by atoms with Crippen molar-refractivity contribution in [3.63, 3.8) is 0 Å². The van der Waals surface area contributed by atoms with Gasteiger partial charge in [0.25, 0.3) is 5.56 Å². The maximum atomic E-state index is 13.1. The summed E-state index contributed by atoms with van der Waals surface area (Å²) in [6, 6.07) is 14.5. The van der Waals surface area contributed by atoms with E-state index in [9.17, 15) is 14.4 Å². The molecule has 0 aliphatic rings. The first-order valence-corrected chi connectivity index (χ1v) is 11.0. The Kier molecular flexibility index (Phi) is 6.91. The van der Waals surface area contributed by atoms with Crippen LogP contribution in [0, 0.1) is 0 Å². The Balaban J connectivity index is 1.63. The van der Waals surface area contributed by atoms with Crippen molar-refractivity contribution in [3.05, 3.63) is 81.1 Å². The Morgan fingerprint density at radius 2 is 1.69 bits per heavy atom. The lowest BCUT2D eigenvalue weighted by molar-refractivity contribution is -0.121. The van der Waals surface area contributed by atoms with Crippen LogP contribution in [0.15, 0.2) is 64.3 Å². The fourth-order valence-electron chi connectivity index (χ4n) is 3.72. The lowest BCUT2D eigenvalue weighted by Gasteiger charge is -2.13. The zero-order valence-electron chi connectivity index (χ0n) is 19.6. The van der Waals surface area contributed by atoms with Gasteiger partial charge in [-0.3, -0.25) is 18.7 Å². The molecule has 0 spiro atoms. The molecule has 0 bridgehead atoms. The van der Waals surface area contributed by atoms with E-state index >= 15 is 0 Å². The third-order valence-corrected chi connectivity index (χ3v) is 5.51. The maximum absolute atomic E-state index is 13.1. The van der Waals surface area contributed by atoms with E-state index in [2.05, 4.69) is 15.3 Å². The van der Waals surface area contributed by atoms with Crippen LogP contribution in [0.25, 0.3) is 22.4 Å². The number of aryl methyl sites for hydroxylation is 1. The Hall–Kier alpha value is -4.47. The van der Waals surface area contributed by atoms with Crippen LogP contribution in [-0.4, -0.2) is 39.2 Å². The predicted octanol–water partition coefficient (Wildman–Crippen LogP) is 1.97. The van der Waals surface area contributed by atoms with E-state index in [1.54, 1.807) is 25.1 Å². The molecule has 1 amide bonds. The van der Waals surface area contributed by atoms with Crippen molar-refractivity contribution in [2.24, 2.45) is 0 Å². The minimum Gasteiger partial charge on any atom is -0.497 e. The quantitative estimate of drug-likeness (QED) is 0.414. The van der Waals surface area contributed by atoms with E-state index < -0.39 is 23.7 Å². The van der Waals surface area contributed by atoms with Gasteiger partial charge in [0.05, 0.1) is 14.2 Å². The number of fused-ring (bicyclic) bond motifs is 1. The molecule has 0 unspecified atom stereocenters. The number of nitrogens with zero attached hydrogens (tertiary/aromatic N) is 4. The molecule has 2 aromatic carbocycles. The predicted molar refractivity (Wildman–Crippen MR) is 131 cm³/mol. The van der Waals surface area contributed by atoms with Gasteiger partial charge in [-0.25, -0.2) is 14.8 Å². The molecule has 0 fully saturated rings. The molecule has 2 aromatic heterocycles. The van der Waals surface area contributed by atoms with E-state index in [1.165, 1.54) is 25.0 Å². The van der Waals surface area contributed by atoms with E-state index in [4.69, 9.17) is 9.47 Å². The number of methoxy groups -OCH3 is 2. The highest BCUT2D eigenvalue weighted by atomic mass is 16.5. The second kappa shape index (κ2) is 10.2. The molecule has 0 saturated carbocycles. The monoisotopic (exact) mass is 475 g/mol. The Labute approximate surface area is 200 Å². The van der Waals surface area contributed by atoms with Crippen LogP contribution < -0.4 is 26.0 Å². The highest BCUT2D eigenvalue weighted by Crippen LogP contribution is 2.22. The third kappa shape index (κ3) is 4.91. The fourth-order valence-corrected chi connectivity index (χ4v) is 3.72. The largest absolute Gasteiger partial charge is 0.497 e. The standard InChI is InChI=1S/C25H25N5O5/c1-4-29-23-20(14-27-22(28-23)17-8-6-5-7-9-17)24(32)30(25(29)33)15-21(31)26-13-16-10-18(34-2)12-19(11-16)35-3/h5-12,14H,4,13,15H2,1-3H3,(H,26,31). The molecule has 0 radical (unpaired) electrons. The van der Waals surface area contributed by atoms with Crippen molar-refractivity contribution in [2.75, 3.05) is 14.2 Å². The topological polar surface area (TPSA) is 117 Å². The number of nitrogens with one attached hydrogen (secondary N) is 1. The van der Waals surface area contributed by atoms with E-state index in [-0.39, 0.29) is 24.1 Å². The Morgan fingerprint density at radius 3 is 2.31 bits per heavy atom. The van der Waals surface area contributed by atoms with Crippen molar-refractivity contribution in [3.8, 4) is 22.9 Å². The summed E-state index contributed by atoms with van der Waals surface area (Å²) in [6.45, 7) is 1.78. The molecule has 0 atom stereocenters. The molecule has 0 aliphatic carbocycles. The first kappa shape index (κ1) is 23.7. The summed E-state index contributed by atoms with van der Waals surface area (Å²) in [7, 11) is 3.07. The summed E-state index contributed by atoms with van der Waals surface area (Å²) in [4.78, 5) is 47.7. The number of hydrogen-bond donors (Lipinski definition) is 1. The molecule has 4 rings (SSSR count). The number of rotatable bonds is 8. The van der Waals surface area contributed by atoms with Crippen LogP contribution in [0.2, 0.25) is 0 Å². The van der Waals surface area contributed by atoms with Gasteiger partial charge in [-0.15, -0.1) is 0 Å². The normalized spacial score (nSPS) is 10.8. The number of amides is 1. The van der Waals surface area contributed by atoms with Gasteiger partial charge in [0.1, 0.15) is 23.4 Å². The minimum absolute atomic E-state index is 0.163. The highest BCUT2D eigenvalue weighted by Gasteiger charge is 2.17. The second-order valence-electron chi connectivity index (χ2n) is 7.71. The lowest BCUT2D eigenvalue weighted by Crippen LogP contribution is -2.44. The number of hydrogen-bond acceptors (Lipinski definition) is 7. The molecule has 10 nitrogen and oxygen atoms in total. The summed E-state index contributed by atoms with van der Waals surface area (Å²) < 4.78 is 12.7. The van der Waals surface area contributed by atoms with Crippen molar-refractivity contribution in [1.82, 2.24) is 24.4 Å². The Morgan fingerprint density at radius 1 is 1.00 bits per heavy atom. The first-order valence-electron chi connectivity index (χ1n) is 11.0. The summed E-state index contributed by atoms with van der Waals surface area (Å²) in [5, 5.41) is 2.89. The molecule has 2 heterocycles. The molecular formula is C25H25N5O5. The van der Waals surface area contributed by atoms with Gasteiger partial charge >= 0.3 is 5.69 Å². The van der Waals surface area contributed by atoms with E-state index in [0.29, 0.717) is 17.3 Å². The average molecular weight is 476 g/mol. The summed E-state index contributed by atoms with van der Waals surface area (Å²) >= 11 is 0.